The molecule has 1 aliphatic rings. The van der Waals surface area contributed by atoms with Crippen molar-refractivity contribution in [2.24, 2.45) is 0 Å². The van der Waals surface area contributed by atoms with Crippen LogP contribution in [0.4, 0.5) is 18.9 Å². The minimum absolute atomic E-state index is 0.0149. The number of pyridine rings is 1. The van der Waals surface area contributed by atoms with Crippen molar-refractivity contribution in [1.29, 1.82) is 0 Å². The highest BCUT2D eigenvalue weighted by atomic mass is 32.2. The summed E-state index contributed by atoms with van der Waals surface area (Å²) in [6.45, 7) is 4.20. The molecule has 0 unspecified atom stereocenters. The van der Waals surface area contributed by atoms with Gasteiger partial charge in [0.2, 0.25) is 0 Å². The van der Waals surface area contributed by atoms with E-state index in [0.717, 1.165) is 6.26 Å². The normalized spacial score (nSPS) is 16.5. The first-order valence-corrected chi connectivity index (χ1v) is 12.9. The summed E-state index contributed by atoms with van der Waals surface area (Å²) in [6.07, 6.45) is -3.04. The molecule has 6 nitrogen and oxygen atoms in total. The van der Waals surface area contributed by atoms with Gasteiger partial charge in [-0.05, 0) is 50.5 Å². The number of benzene rings is 2. The van der Waals surface area contributed by atoms with Crippen LogP contribution < -0.4 is 4.90 Å². The summed E-state index contributed by atoms with van der Waals surface area (Å²) in [5.41, 5.74) is 0.0475. The smallest absolute Gasteiger partial charge is 0.390 e. The predicted octanol–water partition coefficient (Wildman–Crippen LogP) is 4.71. The number of sulfone groups is 1. The number of hydrogen-bond donors (Lipinski definition) is 1. The van der Waals surface area contributed by atoms with E-state index in [1.54, 1.807) is 19.1 Å². The quantitative estimate of drug-likeness (QED) is 0.516. The lowest BCUT2D eigenvalue weighted by molar-refractivity contribution is -0.0885. The standard InChI is InChI=1S/C25H25F3N2O4S/c1-15-20(23(31)25(26,27)28)21(16-7-9-17(10-8-16)35(3,33)34)18-5-4-6-19(22(18)29-15)30-13-11-24(2,32)12-14-30/h4-10,32H,11-14H2,1-3H3. The van der Waals surface area contributed by atoms with E-state index in [0.29, 0.717) is 42.5 Å². The molecule has 4 rings (SSSR count). The van der Waals surface area contributed by atoms with Crippen LogP contribution in [0.1, 0.15) is 35.8 Å². The molecule has 1 aliphatic heterocycles. The fourth-order valence-corrected chi connectivity index (χ4v) is 5.09. The number of alkyl halides is 3. The molecule has 2 heterocycles. The fraction of sp³-hybridized carbons (Fsp3) is 0.360. The lowest BCUT2D eigenvalue weighted by Crippen LogP contribution is -2.42. The van der Waals surface area contributed by atoms with E-state index in [4.69, 9.17) is 0 Å². The predicted molar refractivity (Wildman–Crippen MR) is 127 cm³/mol. The number of halogens is 3. The lowest BCUT2D eigenvalue weighted by atomic mass is 9.90. The molecule has 1 aromatic heterocycles. The molecule has 0 atom stereocenters. The number of ketones is 1. The average Bonchev–Trinajstić information content (AvgIpc) is 2.76. The number of aryl methyl sites for hydroxylation is 1. The van der Waals surface area contributed by atoms with Gasteiger partial charge in [0.25, 0.3) is 5.78 Å². The maximum absolute atomic E-state index is 13.6. The third kappa shape index (κ3) is 4.90. The van der Waals surface area contributed by atoms with Gasteiger partial charge in [-0.15, -0.1) is 0 Å². The van der Waals surface area contributed by atoms with E-state index in [2.05, 4.69) is 4.98 Å². The number of para-hydroxylation sites is 1. The summed E-state index contributed by atoms with van der Waals surface area (Å²) >= 11 is 0. The van der Waals surface area contributed by atoms with Crippen LogP contribution in [0.25, 0.3) is 22.0 Å². The van der Waals surface area contributed by atoms with Gasteiger partial charge < -0.3 is 10.0 Å². The number of piperidine rings is 1. The van der Waals surface area contributed by atoms with Crippen LogP contribution in [0.15, 0.2) is 47.4 Å². The Hall–Kier alpha value is -2.98. The van der Waals surface area contributed by atoms with Crippen LogP contribution in [-0.4, -0.2) is 55.4 Å². The monoisotopic (exact) mass is 506 g/mol. The molecule has 0 aliphatic carbocycles. The number of carbonyl (C=O) groups excluding carboxylic acids is 1. The van der Waals surface area contributed by atoms with Gasteiger partial charge in [0.1, 0.15) is 0 Å². The Morgan fingerprint density at radius 1 is 1.09 bits per heavy atom. The zero-order chi connectivity index (χ0) is 25.8. The summed E-state index contributed by atoms with van der Waals surface area (Å²) in [6, 6.07) is 10.5. The second kappa shape index (κ2) is 8.60. The third-order valence-corrected chi connectivity index (χ3v) is 7.54. The highest BCUT2D eigenvalue weighted by Gasteiger charge is 2.42. The van der Waals surface area contributed by atoms with Crippen molar-refractivity contribution < 1.29 is 31.5 Å². The number of rotatable bonds is 4. The molecule has 3 aromatic rings. The van der Waals surface area contributed by atoms with Crippen molar-refractivity contribution in [2.75, 3.05) is 24.2 Å². The molecular formula is C25H25F3N2O4S. The van der Waals surface area contributed by atoms with E-state index in [1.807, 2.05) is 11.0 Å². The molecule has 0 amide bonds. The molecule has 1 fully saturated rings. The van der Waals surface area contributed by atoms with Crippen LogP contribution in [0.2, 0.25) is 0 Å². The second-order valence-electron chi connectivity index (χ2n) is 9.23. The van der Waals surface area contributed by atoms with Crippen LogP contribution in [0.5, 0.6) is 0 Å². The largest absolute Gasteiger partial charge is 0.454 e. The topological polar surface area (TPSA) is 87.6 Å². The van der Waals surface area contributed by atoms with Crippen molar-refractivity contribution in [2.45, 2.75) is 43.4 Å². The minimum atomic E-state index is -5.11. The maximum atomic E-state index is 13.6. The Morgan fingerprint density at radius 3 is 2.23 bits per heavy atom. The van der Waals surface area contributed by atoms with E-state index >= 15 is 0 Å². The summed E-state index contributed by atoms with van der Waals surface area (Å²) in [4.78, 5) is 19.0. The number of Topliss-reactive ketones (excluding diaryl/α,β-unsaturated/α-hetero) is 1. The fourth-order valence-electron chi connectivity index (χ4n) is 4.46. The number of hydrogen-bond acceptors (Lipinski definition) is 6. The summed E-state index contributed by atoms with van der Waals surface area (Å²) in [7, 11) is -3.52. The summed E-state index contributed by atoms with van der Waals surface area (Å²) in [5, 5.41) is 10.7. The van der Waals surface area contributed by atoms with Crippen molar-refractivity contribution in [3.8, 4) is 11.1 Å². The molecular weight excluding hydrogens is 481 g/mol. The molecule has 2 aromatic carbocycles. The van der Waals surface area contributed by atoms with Gasteiger partial charge in [-0.2, -0.15) is 13.2 Å². The molecule has 0 saturated carbocycles. The zero-order valence-corrected chi connectivity index (χ0v) is 20.3. The van der Waals surface area contributed by atoms with Crippen LogP contribution in [0, 0.1) is 6.92 Å². The Kier molecular flexibility index (Phi) is 6.17. The molecule has 1 N–H and O–H groups in total. The SMILES string of the molecule is Cc1nc2c(N3CCC(C)(O)CC3)cccc2c(-c2ccc(S(C)(=O)=O)cc2)c1C(=O)C(F)(F)F. The molecule has 0 radical (unpaired) electrons. The Balaban J connectivity index is 1.98. The average molecular weight is 507 g/mol. The van der Waals surface area contributed by atoms with E-state index < -0.39 is 33.0 Å². The number of fused-ring (bicyclic) bond motifs is 1. The second-order valence-corrected chi connectivity index (χ2v) is 11.2. The lowest BCUT2D eigenvalue weighted by Gasteiger charge is -2.37. The van der Waals surface area contributed by atoms with Gasteiger partial charge in [-0.3, -0.25) is 9.78 Å². The van der Waals surface area contributed by atoms with Crippen LogP contribution >= 0.6 is 0 Å². The van der Waals surface area contributed by atoms with Gasteiger partial charge >= 0.3 is 6.18 Å². The maximum Gasteiger partial charge on any atom is 0.454 e. The van der Waals surface area contributed by atoms with E-state index in [-0.39, 0.29) is 21.7 Å². The number of aliphatic hydroxyl groups is 1. The Labute approximate surface area is 201 Å². The van der Waals surface area contributed by atoms with E-state index in [9.17, 15) is 31.5 Å². The number of aromatic nitrogens is 1. The number of nitrogens with zero attached hydrogens (tertiary/aromatic N) is 2. The van der Waals surface area contributed by atoms with Gasteiger partial charge in [0.15, 0.2) is 9.84 Å². The van der Waals surface area contributed by atoms with Crippen molar-refractivity contribution in [3.05, 3.63) is 53.7 Å². The Bertz CT molecular complexity index is 1410. The number of anilines is 1. The molecule has 186 valence electrons. The molecule has 0 spiro atoms. The van der Waals surface area contributed by atoms with Gasteiger partial charge in [-0.1, -0.05) is 24.3 Å². The molecule has 1 saturated heterocycles. The number of carbonyl (C=O) groups is 1. The first-order chi connectivity index (χ1) is 16.2. The Morgan fingerprint density at radius 2 is 1.69 bits per heavy atom. The highest BCUT2D eigenvalue weighted by Crippen LogP contribution is 2.40. The highest BCUT2D eigenvalue weighted by molar-refractivity contribution is 7.90. The van der Waals surface area contributed by atoms with Gasteiger partial charge in [0.05, 0.1) is 27.3 Å². The van der Waals surface area contributed by atoms with Gasteiger partial charge in [0, 0.05) is 36.0 Å². The third-order valence-electron chi connectivity index (χ3n) is 6.41. The van der Waals surface area contributed by atoms with Crippen LogP contribution in [0.3, 0.4) is 0 Å². The summed E-state index contributed by atoms with van der Waals surface area (Å²) < 4.78 is 64.5. The van der Waals surface area contributed by atoms with Crippen molar-refractivity contribution in [1.82, 2.24) is 4.98 Å². The molecule has 0 bridgehead atoms. The van der Waals surface area contributed by atoms with Crippen LogP contribution in [-0.2, 0) is 9.84 Å². The van der Waals surface area contributed by atoms with E-state index in [1.165, 1.54) is 31.2 Å². The first kappa shape index (κ1) is 25.1. The zero-order valence-electron chi connectivity index (χ0n) is 19.5. The first-order valence-electron chi connectivity index (χ1n) is 11.0. The van der Waals surface area contributed by atoms with Crippen molar-refractivity contribution >= 4 is 32.2 Å². The minimum Gasteiger partial charge on any atom is -0.390 e. The van der Waals surface area contributed by atoms with Crippen molar-refractivity contribution in [3.63, 3.8) is 0 Å². The molecule has 35 heavy (non-hydrogen) atoms. The van der Waals surface area contributed by atoms with Gasteiger partial charge in [-0.25, -0.2) is 8.42 Å². The molecule has 10 heteroatoms. The summed E-state index contributed by atoms with van der Waals surface area (Å²) in [5.74, 6) is -2.01.